The van der Waals surface area contributed by atoms with Crippen LogP contribution in [-0.4, -0.2) is 51.0 Å². The van der Waals surface area contributed by atoms with Crippen LogP contribution >= 0.6 is 15.9 Å². The molecule has 1 unspecified atom stereocenters. The van der Waals surface area contributed by atoms with Crippen LogP contribution < -0.4 is 15.4 Å². The molecule has 4 rings (SSSR count). The molecule has 1 aliphatic carbocycles. The second-order valence-corrected chi connectivity index (χ2v) is 8.81. The molecule has 3 aromatic rings. The van der Waals surface area contributed by atoms with Crippen LogP contribution in [0.3, 0.4) is 0 Å². The van der Waals surface area contributed by atoms with Gasteiger partial charge in [0, 0.05) is 30.8 Å². The summed E-state index contributed by atoms with van der Waals surface area (Å²) in [4.78, 5) is 21.4. The van der Waals surface area contributed by atoms with Gasteiger partial charge in [0.25, 0.3) is 0 Å². The van der Waals surface area contributed by atoms with E-state index in [0.29, 0.717) is 33.9 Å². The van der Waals surface area contributed by atoms with Gasteiger partial charge in [0.05, 0.1) is 24.8 Å². The van der Waals surface area contributed by atoms with Crippen LogP contribution in [0.2, 0.25) is 0 Å². The van der Waals surface area contributed by atoms with E-state index < -0.39 is 0 Å². The molecule has 1 aromatic carbocycles. The number of nitrogens with zero attached hydrogens (tertiary/aromatic N) is 4. The average Bonchev–Trinajstić information content (AvgIpc) is 3.33. The number of hydrogen-bond donors (Lipinski definition) is 3. The first kappa shape index (κ1) is 21.5. The van der Waals surface area contributed by atoms with Crippen molar-refractivity contribution in [1.82, 2.24) is 25.1 Å². The first-order valence-electron chi connectivity index (χ1n) is 10.1. The van der Waals surface area contributed by atoms with E-state index in [1.807, 2.05) is 19.1 Å². The van der Waals surface area contributed by atoms with Crippen LogP contribution in [-0.2, 0) is 11.4 Å². The van der Waals surface area contributed by atoms with Crippen molar-refractivity contribution in [3.63, 3.8) is 0 Å². The second kappa shape index (κ2) is 8.43. The molecule has 0 saturated heterocycles. The maximum atomic E-state index is 12.2. The van der Waals surface area contributed by atoms with Gasteiger partial charge in [-0.25, -0.2) is 9.67 Å². The highest BCUT2D eigenvalue weighted by molar-refractivity contribution is 9.10. The Balaban J connectivity index is 1.67. The summed E-state index contributed by atoms with van der Waals surface area (Å²) in [6.45, 7) is 1.88. The van der Waals surface area contributed by atoms with Crippen LogP contribution in [0, 0.1) is 5.41 Å². The molecule has 2 aromatic heterocycles. The lowest BCUT2D eigenvalue weighted by atomic mass is 9.87. The molecule has 0 bridgehead atoms. The quantitative estimate of drug-likeness (QED) is 0.488. The standard InChI is InChI=1S/C21H25BrN6O3/c1-21(19(30)23-2)5-4-13(9-21)25-20-24-10-16-17(22)27-28(18(16)26-20)14-6-12(11-29)7-15(8-14)31-3/h6-8,10,13,29H,4-5,9,11H2,1-3H3,(H,23,30)(H,24,25,26)/t13-,21?/m1/s1. The van der Waals surface area contributed by atoms with E-state index >= 15 is 0 Å². The van der Waals surface area contributed by atoms with E-state index in [-0.39, 0.29) is 24.0 Å². The van der Waals surface area contributed by atoms with Crippen molar-refractivity contribution in [2.24, 2.45) is 5.41 Å². The third kappa shape index (κ3) is 4.09. The number of aliphatic hydroxyl groups excluding tert-OH is 1. The highest BCUT2D eigenvalue weighted by Crippen LogP contribution is 2.39. The minimum atomic E-state index is -0.386. The van der Waals surface area contributed by atoms with E-state index in [1.54, 1.807) is 31.1 Å². The number of anilines is 1. The van der Waals surface area contributed by atoms with Gasteiger partial charge in [-0.3, -0.25) is 4.79 Å². The number of ether oxygens (including phenoxy) is 1. The van der Waals surface area contributed by atoms with Gasteiger partial charge in [0.2, 0.25) is 11.9 Å². The largest absolute Gasteiger partial charge is 0.497 e. The number of aliphatic hydroxyl groups is 1. The lowest BCUT2D eigenvalue weighted by Gasteiger charge is -2.22. The summed E-state index contributed by atoms with van der Waals surface area (Å²) in [5.74, 6) is 1.17. The number of carbonyl (C=O) groups excluding carboxylic acids is 1. The van der Waals surface area contributed by atoms with Gasteiger partial charge in [-0.05, 0) is 52.9 Å². The van der Waals surface area contributed by atoms with Crippen LogP contribution in [0.25, 0.3) is 16.7 Å². The van der Waals surface area contributed by atoms with Crippen molar-refractivity contribution in [1.29, 1.82) is 0 Å². The zero-order chi connectivity index (χ0) is 22.2. The number of benzene rings is 1. The summed E-state index contributed by atoms with van der Waals surface area (Å²) in [6.07, 6.45) is 4.11. The van der Waals surface area contributed by atoms with Crippen LogP contribution in [0.5, 0.6) is 5.75 Å². The number of carbonyl (C=O) groups is 1. The molecular formula is C21H25BrN6O3. The number of methoxy groups -OCH3 is 1. The monoisotopic (exact) mass is 488 g/mol. The molecule has 164 valence electrons. The van der Waals surface area contributed by atoms with Gasteiger partial charge < -0.3 is 20.5 Å². The molecule has 31 heavy (non-hydrogen) atoms. The van der Waals surface area contributed by atoms with Gasteiger partial charge in [-0.2, -0.15) is 10.1 Å². The Bertz CT molecular complexity index is 1110. The topological polar surface area (TPSA) is 114 Å². The van der Waals surface area contributed by atoms with E-state index in [2.05, 4.69) is 36.6 Å². The number of amides is 1. The summed E-state index contributed by atoms with van der Waals surface area (Å²) in [7, 11) is 3.25. The van der Waals surface area contributed by atoms with Crippen molar-refractivity contribution in [2.45, 2.75) is 38.8 Å². The summed E-state index contributed by atoms with van der Waals surface area (Å²) in [6, 6.07) is 5.55. The minimum Gasteiger partial charge on any atom is -0.497 e. The van der Waals surface area contributed by atoms with Gasteiger partial charge in [0.1, 0.15) is 10.4 Å². The van der Waals surface area contributed by atoms with Crippen molar-refractivity contribution in [2.75, 3.05) is 19.5 Å². The Labute approximate surface area is 188 Å². The van der Waals surface area contributed by atoms with Crippen molar-refractivity contribution < 1.29 is 14.6 Å². The lowest BCUT2D eigenvalue weighted by molar-refractivity contribution is -0.129. The number of hydrogen-bond acceptors (Lipinski definition) is 7. The minimum absolute atomic E-state index is 0.0629. The molecular weight excluding hydrogens is 464 g/mol. The SMILES string of the molecule is CNC(=O)C1(C)CC[C@@H](Nc2ncc3c(Br)nn(-c4cc(CO)cc(OC)c4)c3n2)C1. The highest BCUT2D eigenvalue weighted by Gasteiger charge is 2.40. The molecule has 9 nitrogen and oxygen atoms in total. The van der Waals surface area contributed by atoms with E-state index in [9.17, 15) is 9.90 Å². The van der Waals surface area contributed by atoms with Crippen LogP contribution in [0.4, 0.5) is 5.95 Å². The van der Waals surface area contributed by atoms with E-state index in [1.165, 1.54) is 0 Å². The summed E-state index contributed by atoms with van der Waals surface area (Å²) >= 11 is 3.48. The smallest absolute Gasteiger partial charge is 0.225 e. The summed E-state index contributed by atoms with van der Waals surface area (Å²) in [5, 5.41) is 21.0. The first-order chi connectivity index (χ1) is 14.9. The van der Waals surface area contributed by atoms with Crippen molar-refractivity contribution >= 4 is 38.8 Å². The molecule has 10 heteroatoms. The predicted molar refractivity (Wildman–Crippen MR) is 120 cm³/mol. The molecule has 1 saturated carbocycles. The maximum Gasteiger partial charge on any atom is 0.225 e. The Kier molecular flexibility index (Phi) is 5.85. The predicted octanol–water partition coefficient (Wildman–Crippen LogP) is 2.80. The number of aromatic nitrogens is 4. The Morgan fingerprint density at radius 2 is 2.23 bits per heavy atom. The lowest BCUT2D eigenvalue weighted by Crippen LogP contribution is -2.35. The fourth-order valence-corrected chi connectivity index (χ4v) is 4.59. The fraction of sp³-hybridized carbons (Fsp3) is 0.429. The first-order valence-corrected chi connectivity index (χ1v) is 10.9. The number of nitrogens with one attached hydrogen (secondary N) is 2. The molecule has 0 radical (unpaired) electrons. The molecule has 2 heterocycles. The average molecular weight is 489 g/mol. The second-order valence-electron chi connectivity index (χ2n) is 8.05. The highest BCUT2D eigenvalue weighted by atomic mass is 79.9. The van der Waals surface area contributed by atoms with Gasteiger partial charge >= 0.3 is 0 Å². The number of halogens is 1. The summed E-state index contributed by atoms with van der Waals surface area (Å²) in [5.41, 5.74) is 1.66. The Hall–Kier alpha value is -2.72. The van der Waals surface area contributed by atoms with Crippen molar-refractivity contribution in [3.05, 3.63) is 34.6 Å². The zero-order valence-electron chi connectivity index (χ0n) is 17.6. The summed E-state index contributed by atoms with van der Waals surface area (Å²) < 4.78 is 7.67. The van der Waals surface area contributed by atoms with E-state index in [0.717, 1.165) is 23.9 Å². The normalized spacial score (nSPS) is 20.7. The molecule has 0 aliphatic heterocycles. The molecule has 1 amide bonds. The van der Waals surface area contributed by atoms with Crippen LogP contribution in [0.15, 0.2) is 29.0 Å². The Morgan fingerprint density at radius 3 is 2.94 bits per heavy atom. The number of rotatable bonds is 6. The molecule has 1 fully saturated rings. The van der Waals surface area contributed by atoms with Gasteiger partial charge in [-0.15, -0.1) is 0 Å². The Morgan fingerprint density at radius 1 is 1.42 bits per heavy atom. The van der Waals surface area contributed by atoms with Gasteiger partial charge in [0.15, 0.2) is 5.65 Å². The molecule has 1 aliphatic rings. The molecule has 3 N–H and O–H groups in total. The third-order valence-electron chi connectivity index (χ3n) is 5.84. The van der Waals surface area contributed by atoms with Gasteiger partial charge in [-0.1, -0.05) is 6.92 Å². The zero-order valence-corrected chi connectivity index (χ0v) is 19.2. The molecule has 2 atom stereocenters. The fourth-order valence-electron chi connectivity index (χ4n) is 4.15. The van der Waals surface area contributed by atoms with E-state index in [4.69, 9.17) is 9.72 Å². The molecule has 0 spiro atoms. The third-order valence-corrected chi connectivity index (χ3v) is 6.43. The number of fused-ring (bicyclic) bond motifs is 1. The van der Waals surface area contributed by atoms with Crippen molar-refractivity contribution in [3.8, 4) is 11.4 Å². The van der Waals surface area contributed by atoms with Crippen LogP contribution in [0.1, 0.15) is 31.7 Å². The maximum absolute atomic E-state index is 12.2.